The number of thioether (sulfide) groups is 1. The number of hydrogen-bond donors (Lipinski definition) is 1. The van der Waals surface area contributed by atoms with Crippen molar-refractivity contribution in [1.82, 2.24) is 10.4 Å². The first-order valence-electron chi connectivity index (χ1n) is 7.19. The van der Waals surface area contributed by atoms with Crippen molar-refractivity contribution in [2.45, 2.75) is 4.34 Å². The molecule has 0 aliphatic rings. The SMILES string of the molecule is COc1cccc(/C=N/NC(=O)CSc2nc3ccccc3s2)c1. The molecule has 0 saturated heterocycles. The molecule has 1 aromatic heterocycles. The summed E-state index contributed by atoms with van der Waals surface area (Å²) in [5.74, 6) is 0.852. The van der Waals surface area contributed by atoms with Crippen molar-refractivity contribution in [1.29, 1.82) is 0 Å². The predicted molar refractivity (Wildman–Crippen MR) is 99.1 cm³/mol. The number of thiazole rings is 1. The number of benzene rings is 2. The van der Waals surface area contributed by atoms with Crippen LogP contribution in [0.25, 0.3) is 10.2 Å². The van der Waals surface area contributed by atoms with Gasteiger partial charge >= 0.3 is 0 Å². The molecule has 7 heteroatoms. The number of carbonyl (C=O) groups is 1. The molecule has 3 aromatic rings. The Kier molecular flexibility index (Phi) is 5.45. The molecule has 0 bridgehead atoms. The van der Waals surface area contributed by atoms with E-state index in [4.69, 9.17) is 4.74 Å². The number of carbonyl (C=O) groups excluding carboxylic acids is 1. The van der Waals surface area contributed by atoms with Gasteiger partial charge in [0, 0.05) is 0 Å². The summed E-state index contributed by atoms with van der Waals surface area (Å²) in [7, 11) is 1.61. The highest BCUT2D eigenvalue weighted by Gasteiger charge is 2.06. The third kappa shape index (κ3) is 4.33. The normalized spacial score (nSPS) is 11.0. The topological polar surface area (TPSA) is 63.6 Å². The van der Waals surface area contributed by atoms with Crippen molar-refractivity contribution in [2.75, 3.05) is 12.9 Å². The highest BCUT2D eigenvalue weighted by Crippen LogP contribution is 2.28. The number of aromatic nitrogens is 1. The van der Waals surface area contributed by atoms with Crippen molar-refractivity contribution >= 4 is 45.4 Å². The Bertz CT molecular complexity index is 844. The largest absolute Gasteiger partial charge is 0.497 e. The molecule has 0 spiro atoms. The van der Waals surface area contributed by atoms with Gasteiger partial charge < -0.3 is 4.74 Å². The van der Waals surface area contributed by atoms with E-state index in [2.05, 4.69) is 15.5 Å². The van der Waals surface area contributed by atoms with Gasteiger partial charge in [-0.15, -0.1) is 11.3 Å². The minimum absolute atomic E-state index is 0.168. The number of ether oxygens (including phenoxy) is 1. The van der Waals surface area contributed by atoms with Crippen LogP contribution in [0.4, 0.5) is 0 Å². The Labute approximate surface area is 147 Å². The minimum atomic E-state index is -0.168. The van der Waals surface area contributed by atoms with Crippen molar-refractivity contribution in [3.8, 4) is 5.75 Å². The number of hydrogen-bond acceptors (Lipinski definition) is 6. The maximum Gasteiger partial charge on any atom is 0.250 e. The average molecular weight is 357 g/mol. The zero-order valence-corrected chi connectivity index (χ0v) is 14.6. The van der Waals surface area contributed by atoms with Gasteiger partial charge in [0.2, 0.25) is 0 Å². The Morgan fingerprint density at radius 3 is 3.04 bits per heavy atom. The zero-order valence-electron chi connectivity index (χ0n) is 12.9. The number of methoxy groups -OCH3 is 1. The van der Waals surface area contributed by atoms with E-state index in [1.807, 2.05) is 48.5 Å². The van der Waals surface area contributed by atoms with E-state index in [1.54, 1.807) is 24.7 Å². The molecule has 3 rings (SSSR count). The van der Waals surface area contributed by atoms with Gasteiger partial charge in [0.25, 0.3) is 5.91 Å². The van der Waals surface area contributed by atoms with Gasteiger partial charge in [-0.3, -0.25) is 4.79 Å². The lowest BCUT2D eigenvalue weighted by Crippen LogP contribution is -2.19. The van der Waals surface area contributed by atoms with Gasteiger partial charge in [-0.25, -0.2) is 10.4 Å². The maximum absolute atomic E-state index is 11.9. The summed E-state index contributed by atoms with van der Waals surface area (Å²) in [6, 6.07) is 15.4. The number of amides is 1. The fourth-order valence-corrected chi connectivity index (χ4v) is 3.83. The molecule has 0 atom stereocenters. The fourth-order valence-electron chi connectivity index (χ4n) is 1.97. The third-order valence-corrected chi connectivity index (χ3v) is 5.28. The van der Waals surface area contributed by atoms with Crippen molar-refractivity contribution in [3.63, 3.8) is 0 Å². The average Bonchev–Trinajstić information content (AvgIpc) is 3.03. The molecule has 1 N–H and O–H groups in total. The monoisotopic (exact) mass is 357 g/mol. The molecular formula is C17H15N3O2S2. The third-order valence-electron chi connectivity index (χ3n) is 3.10. The summed E-state index contributed by atoms with van der Waals surface area (Å²) < 4.78 is 7.14. The van der Waals surface area contributed by atoms with E-state index >= 15 is 0 Å². The number of para-hydroxylation sites is 1. The summed E-state index contributed by atoms with van der Waals surface area (Å²) in [5, 5.41) is 3.96. The van der Waals surface area contributed by atoms with Gasteiger partial charge in [-0.2, -0.15) is 5.10 Å². The molecule has 5 nitrogen and oxygen atoms in total. The minimum Gasteiger partial charge on any atom is -0.497 e. The molecule has 0 aliphatic heterocycles. The Hall–Kier alpha value is -2.38. The summed E-state index contributed by atoms with van der Waals surface area (Å²) >= 11 is 2.99. The molecule has 0 aliphatic carbocycles. The maximum atomic E-state index is 11.9. The van der Waals surface area contributed by atoms with Gasteiger partial charge in [0.05, 0.1) is 29.3 Å². The van der Waals surface area contributed by atoms with E-state index in [9.17, 15) is 4.79 Å². The Balaban J connectivity index is 1.51. The van der Waals surface area contributed by atoms with Crippen LogP contribution in [0.5, 0.6) is 5.75 Å². The number of nitrogens with one attached hydrogen (secondary N) is 1. The molecule has 0 radical (unpaired) electrons. The first kappa shape index (κ1) is 16.5. The quantitative estimate of drug-likeness (QED) is 0.416. The van der Waals surface area contributed by atoms with Crippen LogP contribution in [0.3, 0.4) is 0 Å². The van der Waals surface area contributed by atoms with Gasteiger partial charge in [-0.05, 0) is 29.8 Å². The summed E-state index contributed by atoms with van der Waals surface area (Å²) in [6.07, 6.45) is 1.59. The van der Waals surface area contributed by atoms with Crippen molar-refractivity contribution in [3.05, 3.63) is 54.1 Å². The van der Waals surface area contributed by atoms with Crippen molar-refractivity contribution in [2.24, 2.45) is 5.10 Å². The van der Waals surface area contributed by atoms with Crippen LogP contribution in [-0.2, 0) is 4.79 Å². The van der Waals surface area contributed by atoms with E-state index in [0.29, 0.717) is 0 Å². The van der Waals surface area contributed by atoms with Crippen LogP contribution in [0.2, 0.25) is 0 Å². The van der Waals surface area contributed by atoms with Crippen molar-refractivity contribution < 1.29 is 9.53 Å². The fraction of sp³-hybridized carbons (Fsp3) is 0.118. The van der Waals surface area contributed by atoms with E-state index < -0.39 is 0 Å². The lowest BCUT2D eigenvalue weighted by Gasteiger charge is -2.00. The smallest absolute Gasteiger partial charge is 0.250 e. The Morgan fingerprint density at radius 2 is 2.21 bits per heavy atom. The van der Waals surface area contributed by atoms with E-state index in [1.165, 1.54) is 11.8 Å². The van der Waals surface area contributed by atoms with Gasteiger partial charge in [-0.1, -0.05) is 36.0 Å². The van der Waals surface area contributed by atoms with Crippen LogP contribution in [-0.4, -0.2) is 30.0 Å². The van der Waals surface area contributed by atoms with Crippen LogP contribution in [0.1, 0.15) is 5.56 Å². The number of hydrazone groups is 1. The molecule has 0 unspecified atom stereocenters. The molecule has 24 heavy (non-hydrogen) atoms. The molecular weight excluding hydrogens is 342 g/mol. The first-order valence-corrected chi connectivity index (χ1v) is 8.99. The van der Waals surface area contributed by atoms with Crippen LogP contribution >= 0.6 is 23.1 Å². The second-order valence-electron chi connectivity index (χ2n) is 4.81. The lowest BCUT2D eigenvalue weighted by atomic mass is 10.2. The molecule has 1 heterocycles. The number of rotatable bonds is 6. The predicted octanol–water partition coefficient (Wildman–Crippen LogP) is 3.55. The van der Waals surface area contributed by atoms with E-state index in [-0.39, 0.29) is 11.7 Å². The number of fused-ring (bicyclic) bond motifs is 1. The second kappa shape index (κ2) is 7.94. The highest BCUT2D eigenvalue weighted by atomic mass is 32.2. The molecule has 122 valence electrons. The molecule has 0 saturated carbocycles. The standard InChI is InChI=1S/C17H15N3O2S2/c1-22-13-6-4-5-12(9-13)10-18-20-16(21)11-23-17-19-14-7-2-3-8-15(14)24-17/h2-10H,11H2,1H3,(H,20,21)/b18-10+. The summed E-state index contributed by atoms with van der Waals surface area (Å²) in [4.78, 5) is 16.3. The lowest BCUT2D eigenvalue weighted by molar-refractivity contribution is -0.118. The second-order valence-corrected chi connectivity index (χ2v) is 7.06. The van der Waals surface area contributed by atoms with Crippen LogP contribution in [0, 0.1) is 0 Å². The first-order chi connectivity index (χ1) is 11.7. The molecule has 1 amide bonds. The zero-order chi connectivity index (χ0) is 16.8. The molecule has 2 aromatic carbocycles. The summed E-state index contributed by atoms with van der Waals surface area (Å²) in [5.41, 5.74) is 4.33. The molecule has 0 fully saturated rings. The van der Waals surface area contributed by atoms with Crippen LogP contribution in [0.15, 0.2) is 58.0 Å². The van der Waals surface area contributed by atoms with Gasteiger partial charge in [0.15, 0.2) is 4.34 Å². The van der Waals surface area contributed by atoms with E-state index in [0.717, 1.165) is 25.9 Å². The number of nitrogens with zero attached hydrogens (tertiary/aromatic N) is 2. The highest BCUT2D eigenvalue weighted by molar-refractivity contribution is 8.01. The Morgan fingerprint density at radius 1 is 1.33 bits per heavy atom. The van der Waals surface area contributed by atoms with Crippen LogP contribution < -0.4 is 10.2 Å². The summed E-state index contributed by atoms with van der Waals surface area (Å²) in [6.45, 7) is 0. The van der Waals surface area contributed by atoms with Gasteiger partial charge in [0.1, 0.15) is 5.75 Å².